The first-order valence-corrected chi connectivity index (χ1v) is 7.45. The third-order valence-electron chi connectivity index (χ3n) is 2.48. The van der Waals surface area contributed by atoms with Crippen molar-refractivity contribution in [1.29, 1.82) is 0 Å². The Morgan fingerprint density at radius 2 is 2.15 bits per heavy atom. The number of nitrogens with two attached hydrogens (primary N) is 1. The molecule has 6 nitrogen and oxygen atoms in total. The number of carbonyl (C=O) groups excluding carboxylic acids is 1. The maximum atomic E-state index is 11.6. The second-order valence-electron chi connectivity index (χ2n) is 4.18. The van der Waals surface area contributed by atoms with Crippen molar-refractivity contribution in [1.82, 2.24) is 15.5 Å². The number of nitrogens with one attached hydrogen (secondary N) is 1. The van der Waals surface area contributed by atoms with E-state index in [1.807, 2.05) is 19.0 Å². The van der Waals surface area contributed by atoms with Gasteiger partial charge in [-0.1, -0.05) is 23.1 Å². The molecule has 0 radical (unpaired) electrons. The van der Waals surface area contributed by atoms with E-state index in [1.165, 1.54) is 23.1 Å². The Bertz CT molecular complexity index is 626. The quantitative estimate of drug-likeness (QED) is 0.836. The summed E-state index contributed by atoms with van der Waals surface area (Å²) in [6.45, 7) is 0. The molecule has 8 heteroatoms. The number of carbonyl (C=O) groups is 1. The number of aromatic nitrogens is 2. The van der Waals surface area contributed by atoms with E-state index in [0.29, 0.717) is 11.3 Å². The smallest absolute Gasteiger partial charge is 0.251 e. The fourth-order valence-electron chi connectivity index (χ4n) is 1.43. The van der Waals surface area contributed by atoms with Crippen molar-refractivity contribution in [3.63, 3.8) is 0 Å². The molecular formula is C12H15N5OS2. The minimum atomic E-state index is -0.141. The Balaban J connectivity index is 2.25. The highest BCUT2D eigenvalue weighted by molar-refractivity contribution is 8.01. The van der Waals surface area contributed by atoms with Gasteiger partial charge in [0.05, 0.1) is 0 Å². The van der Waals surface area contributed by atoms with Crippen molar-refractivity contribution >= 4 is 39.8 Å². The van der Waals surface area contributed by atoms with Crippen LogP contribution in [0.4, 0.5) is 10.8 Å². The van der Waals surface area contributed by atoms with Crippen LogP contribution in [0.25, 0.3) is 0 Å². The topological polar surface area (TPSA) is 84.1 Å². The van der Waals surface area contributed by atoms with Gasteiger partial charge in [-0.2, -0.15) is 0 Å². The first-order valence-electron chi connectivity index (χ1n) is 5.81. The summed E-state index contributed by atoms with van der Waals surface area (Å²) in [7, 11) is 5.42. The molecule has 0 aliphatic rings. The van der Waals surface area contributed by atoms with Crippen LogP contribution in [0.3, 0.4) is 0 Å². The van der Waals surface area contributed by atoms with E-state index in [-0.39, 0.29) is 5.91 Å². The fourth-order valence-corrected chi connectivity index (χ4v) is 3.23. The summed E-state index contributed by atoms with van der Waals surface area (Å²) in [5.74, 6) is -0.141. The number of nitrogen functional groups attached to an aromatic ring is 1. The number of hydrogen-bond donors (Lipinski definition) is 2. The molecule has 3 N–H and O–H groups in total. The van der Waals surface area contributed by atoms with Gasteiger partial charge < -0.3 is 16.0 Å². The van der Waals surface area contributed by atoms with Gasteiger partial charge in [0.25, 0.3) is 5.91 Å². The maximum absolute atomic E-state index is 11.6. The normalized spacial score (nSPS) is 10.3. The SMILES string of the molecule is CNC(=O)c1ccc(N)c(Sc2nnc(N(C)C)s2)c1. The Morgan fingerprint density at radius 1 is 1.40 bits per heavy atom. The van der Waals surface area contributed by atoms with E-state index < -0.39 is 0 Å². The van der Waals surface area contributed by atoms with Gasteiger partial charge in [-0.15, -0.1) is 10.2 Å². The van der Waals surface area contributed by atoms with Gasteiger partial charge in [-0.3, -0.25) is 4.79 Å². The summed E-state index contributed by atoms with van der Waals surface area (Å²) in [6, 6.07) is 5.18. The second-order valence-corrected chi connectivity index (χ2v) is 6.42. The molecule has 0 aliphatic heterocycles. The van der Waals surface area contributed by atoms with Gasteiger partial charge in [0, 0.05) is 37.3 Å². The highest BCUT2D eigenvalue weighted by atomic mass is 32.2. The van der Waals surface area contributed by atoms with Crippen LogP contribution in [-0.4, -0.2) is 37.2 Å². The Kier molecular flexibility index (Phi) is 4.46. The molecule has 0 bridgehead atoms. The highest BCUT2D eigenvalue weighted by Gasteiger charge is 2.12. The van der Waals surface area contributed by atoms with E-state index >= 15 is 0 Å². The lowest BCUT2D eigenvalue weighted by Crippen LogP contribution is -2.17. The molecule has 20 heavy (non-hydrogen) atoms. The molecule has 1 amide bonds. The zero-order valence-electron chi connectivity index (χ0n) is 11.4. The Morgan fingerprint density at radius 3 is 2.75 bits per heavy atom. The molecule has 2 rings (SSSR count). The zero-order chi connectivity index (χ0) is 14.7. The molecule has 0 saturated carbocycles. The number of benzene rings is 1. The monoisotopic (exact) mass is 309 g/mol. The molecule has 0 fully saturated rings. The lowest BCUT2D eigenvalue weighted by Gasteiger charge is -2.06. The molecule has 0 spiro atoms. The maximum Gasteiger partial charge on any atom is 0.251 e. The van der Waals surface area contributed by atoms with Crippen molar-refractivity contribution in [2.75, 3.05) is 31.8 Å². The van der Waals surface area contributed by atoms with Crippen LogP contribution in [0.1, 0.15) is 10.4 Å². The molecule has 2 aromatic rings. The predicted molar refractivity (Wildman–Crippen MR) is 82.6 cm³/mol. The average Bonchev–Trinajstić information content (AvgIpc) is 2.89. The van der Waals surface area contributed by atoms with Crippen LogP contribution in [0.5, 0.6) is 0 Å². The molecule has 0 atom stereocenters. The molecule has 1 aromatic heterocycles. The summed E-state index contributed by atoms with van der Waals surface area (Å²) < 4.78 is 0.787. The van der Waals surface area contributed by atoms with Gasteiger partial charge in [-0.25, -0.2) is 0 Å². The second kappa shape index (κ2) is 6.10. The van der Waals surface area contributed by atoms with Gasteiger partial charge >= 0.3 is 0 Å². The van der Waals surface area contributed by atoms with E-state index in [9.17, 15) is 4.79 Å². The standard InChI is InChI=1S/C12H15N5OS2/c1-14-10(18)7-4-5-8(13)9(6-7)19-12-16-15-11(20-12)17(2)3/h4-6H,13H2,1-3H3,(H,14,18). The minimum Gasteiger partial charge on any atom is -0.398 e. The number of nitrogens with zero attached hydrogens (tertiary/aromatic N) is 3. The van der Waals surface area contributed by atoms with Crippen LogP contribution in [-0.2, 0) is 0 Å². The van der Waals surface area contributed by atoms with Crippen molar-refractivity contribution in [3.8, 4) is 0 Å². The molecule has 106 valence electrons. The summed E-state index contributed by atoms with van der Waals surface area (Å²) in [6.07, 6.45) is 0. The first kappa shape index (κ1) is 14.6. The van der Waals surface area contributed by atoms with E-state index in [0.717, 1.165) is 14.4 Å². The number of rotatable bonds is 4. The largest absolute Gasteiger partial charge is 0.398 e. The third kappa shape index (κ3) is 3.20. The molecule has 0 aliphatic carbocycles. The molecular weight excluding hydrogens is 294 g/mol. The molecule has 0 unspecified atom stereocenters. The molecule has 0 saturated heterocycles. The van der Waals surface area contributed by atoms with Gasteiger partial charge in [-0.05, 0) is 18.2 Å². The van der Waals surface area contributed by atoms with Crippen molar-refractivity contribution in [2.45, 2.75) is 9.24 Å². The molecule has 1 aromatic carbocycles. The minimum absolute atomic E-state index is 0.141. The van der Waals surface area contributed by atoms with Crippen molar-refractivity contribution in [2.24, 2.45) is 0 Å². The van der Waals surface area contributed by atoms with Crippen LogP contribution in [0.15, 0.2) is 27.4 Å². The Hall–Kier alpha value is -1.80. The predicted octanol–water partition coefficient (Wildman–Crippen LogP) is 1.70. The lowest BCUT2D eigenvalue weighted by atomic mass is 10.2. The number of anilines is 2. The number of hydrogen-bond acceptors (Lipinski definition) is 7. The van der Waals surface area contributed by atoms with Crippen LogP contribution >= 0.6 is 23.1 Å². The first-order chi connectivity index (χ1) is 9.51. The van der Waals surface area contributed by atoms with Gasteiger partial charge in [0.2, 0.25) is 5.13 Å². The summed E-state index contributed by atoms with van der Waals surface area (Å²) in [5, 5.41) is 11.6. The van der Waals surface area contributed by atoms with E-state index in [4.69, 9.17) is 5.73 Å². The summed E-state index contributed by atoms with van der Waals surface area (Å²) in [5.41, 5.74) is 7.12. The van der Waals surface area contributed by atoms with Gasteiger partial charge in [0.15, 0.2) is 4.34 Å². The number of amides is 1. The van der Waals surface area contributed by atoms with Crippen molar-refractivity contribution < 1.29 is 4.79 Å². The van der Waals surface area contributed by atoms with Crippen LogP contribution in [0.2, 0.25) is 0 Å². The van der Waals surface area contributed by atoms with Crippen molar-refractivity contribution in [3.05, 3.63) is 23.8 Å². The third-order valence-corrected chi connectivity index (χ3v) is 4.69. The van der Waals surface area contributed by atoms with E-state index in [1.54, 1.807) is 25.2 Å². The van der Waals surface area contributed by atoms with Crippen LogP contribution in [0, 0.1) is 0 Å². The van der Waals surface area contributed by atoms with E-state index in [2.05, 4.69) is 15.5 Å². The zero-order valence-corrected chi connectivity index (χ0v) is 13.0. The van der Waals surface area contributed by atoms with Gasteiger partial charge in [0.1, 0.15) is 0 Å². The summed E-state index contributed by atoms with van der Waals surface area (Å²) >= 11 is 2.88. The Labute approximate surface area is 125 Å². The fraction of sp³-hybridized carbons (Fsp3) is 0.250. The molecule has 1 heterocycles. The average molecular weight is 309 g/mol. The lowest BCUT2D eigenvalue weighted by molar-refractivity contribution is 0.0963. The highest BCUT2D eigenvalue weighted by Crippen LogP contribution is 2.36. The van der Waals surface area contributed by atoms with Crippen LogP contribution < -0.4 is 16.0 Å². The summed E-state index contributed by atoms with van der Waals surface area (Å²) in [4.78, 5) is 14.3.